The lowest BCUT2D eigenvalue weighted by Crippen LogP contribution is -1.83. The second-order valence-electron chi connectivity index (χ2n) is 3.88. The van der Waals surface area contributed by atoms with Gasteiger partial charge in [0.15, 0.2) is 0 Å². The molecule has 0 saturated carbocycles. The lowest BCUT2D eigenvalue weighted by atomic mass is 10.1. The summed E-state index contributed by atoms with van der Waals surface area (Å²) < 4.78 is 0. The molecule has 19 heavy (non-hydrogen) atoms. The van der Waals surface area contributed by atoms with Crippen LogP contribution >= 0.6 is 0 Å². The van der Waals surface area contributed by atoms with Crippen molar-refractivity contribution in [1.29, 1.82) is 0 Å². The van der Waals surface area contributed by atoms with Crippen molar-refractivity contribution in [3.05, 3.63) is 64.7 Å². The average molecular weight is 250 g/mol. The van der Waals surface area contributed by atoms with Crippen LogP contribution in [0.2, 0.25) is 0 Å². The molecule has 0 aliphatic heterocycles. The fraction of sp³-hybridized carbons (Fsp3) is 0. The molecule has 2 aromatic rings. The largest absolute Gasteiger partial charge is 0.507 e. The Balaban J connectivity index is 2.27. The highest BCUT2D eigenvalue weighted by Crippen LogP contribution is 2.16. The first-order valence-corrected chi connectivity index (χ1v) is 5.58. The van der Waals surface area contributed by atoms with Gasteiger partial charge in [-0.1, -0.05) is 30.0 Å². The second kappa shape index (κ2) is 5.65. The van der Waals surface area contributed by atoms with Gasteiger partial charge in [-0.05, 0) is 24.3 Å². The number of aldehydes is 2. The van der Waals surface area contributed by atoms with E-state index in [1.54, 1.807) is 36.4 Å². The van der Waals surface area contributed by atoms with Crippen LogP contribution < -0.4 is 0 Å². The van der Waals surface area contributed by atoms with Gasteiger partial charge in [0.2, 0.25) is 0 Å². The number of hydrogen-bond donors (Lipinski definition) is 1. The highest BCUT2D eigenvalue weighted by molar-refractivity contribution is 5.76. The number of carbonyl (C=O) groups is 2. The van der Waals surface area contributed by atoms with Gasteiger partial charge in [0.05, 0.1) is 5.56 Å². The molecule has 0 radical (unpaired) electrons. The number of aromatic hydroxyl groups is 1. The highest BCUT2D eigenvalue weighted by atomic mass is 16.3. The van der Waals surface area contributed by atoms with Crippen LogP contribution in [0, 0.1) is 11.8 Å². The van der Waals surface area contributed by atoms with Gasteiger partial charge in [0.1, 0.15) is 18.3 Å². The average Bonchev–Trinajstić information content (AvgIpc) is 2.46. The van der Waals surface area contributed by atoms with Crippen LogP contribution in [-0.2, 0) is 0 Å². The molecule has 1 N–H and O–H groups in total. The van der Waals surface area contributed by atoms with Crippen molar-refractivity contribution in [2.75, 3.05) is 0 Å². The van der Waals surface area contributed by atoms with Gasteiger partial charge in [0, 0.05) is 16.7 Å². The standard InChI is InChI=1S/C16H10O3/c17-10-13-3-1-12(2-4-13)5-7-15-8-6-14(11-18)9-16(15)19/h1-4,6,8-11,19H. The van der Waals surface area contributed by atoms with E-state index < -0.39 is 0 Å². The van der Waals surface area contributed by atoms with Gasteiger partial charge in [0.25, 0.3) is 0 Å². The first-order chi connectivity index (χ1) is 9.22. The quantitative estimate of drug-likeness (QED) is 0.657. The van der Waals surface area contributed by atoms with Crippen LogP contribution in [0.25, 0.3) is 0 Å². The predicted octanol–water partition coefficient (Wildman–Crippen LogP) is 2.42. The maximum atomic E-state index is 10.5. The Morgan fingerprint density at radius 1 is 0.842 bits per heavy atom. The van der Waals surface area contributed by atoms with E-state index in [0.717, 1.165) is 11.8 Å². The lowest BCUT2D eigenvalue weighted by molar-refractivity contribution is 0.111. The van der Waals surface area contributed by atoms with E-state index in [4.69, 9.17) is 0 Å². The molecule has 2 aromatic carbocycles. The minimum Gasteiger partial charge on any atom is -0.507 e. The van der Waals surface area contributed by atoms with Crippen molar-refractivity contribution in [3.8, 4) is 17.6 Å². The maximum Gasteiger partial charge on any atom is 0.150 e. The normalized spacial score (nSPS) is 9.26. The lowest BCUT2D eigenvalue weighted by Gasteiger charge is -1.97. The van der Waals surface area contributed by atoms with Crippen LogP contribution in [-0.4, -0.2) is 17.7 Å². The molecular formula is C16H10O3. The van der Waals surface area contributed by atoms with Gasteiger partial charge >= 0.3 is 0 Å². The predicted molar refractivity (Wildman–Crippen MR) is 71.3 cm³/mol. The summed E-state index contributed by atoms with van der Waals surface area (Å²) in [5.74, 6) is 5.66. The Labute approximate surface area is 110 Å². The van der Waals surface area contributed by atoms with Gasteiger partial charge in [-0.15, -0.1) is 0 Å². The van der Waals surface area contributed by atoms with Gasteiger partial charge in [-0.25, -0.2) is 0 Å². The number of rotatable bonds is 2. The summed E-state index contributed by atoms with van der Waals surface area (Å²) in [4.78, 5) is 21.0. The first-order valence-electron chi connectivity index (χ1n) is 5.58. The Kier molecular flexibility index (Phi) is 3.75. The molecule has 0 aliphatic carbocycles. The molecule has 3 nitrogen and oxygen atoms in total. The SMILES string of the molecule is O=Cc1ccc(C#Cc2ccc(C=O)cc2O)cc1. The molecule has 0 aromatic heterocycles. The fourth-order valence-electron chi connectivity index (χ4n) is 1.51. The van der Waals surface area contributed by atoms with Gasteiger partial charge in [-0.3, -0.25) is 9.59 Å². The summed E-state index contributed by atoms with van der Waals surface area (Å²) in [5.41, 5.74) is 2.18. The number of carbonyl (C=O) groups excluding carboxylic acids is 2. The first kappa shape index (κ1) is 12.6. The Morgan fingerprint density at radius 2 is 1.47 bits per heavy atom. The summed E-state index contributed by atoms with van der Waals surface area (Å²) in [5, 5.41) is 9.67. The monoisotopic (exact) mass is 250 g/mol. The Morgan fingerprint density at radius 3 is 2.05 bits per heavy atom. The van der Waals surface area contributed by atoms with E-state index in [-0.39, 0.29) is 5.75 Å². The number of benzene rings is 2. The van der Waals surface area contributed by atoms with E-state index in [9.17, 15) is 14.7 Å². The highest BCUT2D eigenvalue weighted by Gasteiger charge is 1.99. The summed E-state index contributed by atoms with van der Waals surface area (Å²) in [7, 11) is 0. The van der Waals surface area contributed by atoms with E-state index >= 15 is 0 Å². The van der Waals surface area contributed by atoms with Crippen molar-refractivity contribution >= 4 is 12.6 Å². The number of phenolic OH excluding ortho intramolecular Hbond substituents is 1. The topological polar surface area (TPSA) is 54.4 Å². The van der Waals surface area contributed by atoms with Gasteiger partial charge in [-0.2, -0.15) is 0 Å². The molecule has 0 aliphatic rings. The molecule has 0 bridgehead atoms. The van der Waals surface area contributed by atoms with Crippen LogP contribution in [0.15, 0.2) is 42.5 Å². The van der Waals surface area contributed by atoms with Crippen molar-refractivity contribution in [3.63, 3.8) is 0 Å². The molecule has 0 saturated heterocycles. The third kappa shape index (κ3) is 3.08. The summed E-state index contributed by atoms with van der Waals surface area (Å²) in [6, 6.07) is 11.4. The van der Waals surface area contributed by atoms with E-state index in [1.165, 1.54) is 6.07 Å². The molecule has 0 atom stereocenters. The van der Waals surface area contributed by atoms with E-state index in [2.05, 4.69) is 11.8 Å². The van der Waals surface area contributed by atoms with Crippen molar-refractivity contribution in [2.24, 2.45) is 0 Å². The summed E-state index contributed by atoms with van der Waals surface area (Å²) >= 11 is 0. The molecular weight excluding hydrogens is 240 g/mol. The van der Waals surface area contributed by atoms with Crippen LogP contribution in [0.5, 0.6) is 5.75 Å². The molecule has 3 heteroatoms. The van der Waals surface area contributed by atoms with Crippen molar-refractivity contribution in [2.45, 2.75) is 0 Å². The Hall–Kier alpha value is -2.86. The zero-order chi connectivity index (χ0) is 13.7. The number of hydrogen-bond acceptors (Lipinski definition) is 3. The Bertz CT molecular complexity index is 673. The molecule has 0 heterocycles. The minimum absolute atomic E-state index is 0.0263. The van der Waals surface area contributed by atoms with Crippen LogP contribution in [0.3, 0.4) is 0 Å². The fourth-order valence-corrected chi connectivity index (χ4v) is 1.51. The second-order valence-corrected chi connectivity index (χ2v) is 3.88. The molecule has 0 unspecified atom stereocenters. The molecule has 0 spiro atoms. The zero-order valence-electron chi connectivity index (χ0n) is 9.96. The molecule has 2 rings (SSSR count). The molecule has 0 amide bonds. The van der Waals surface area contributed by atoms with Crippen molar-refractivity contribution < 1.29 is 14.7 Å². The van der Waals surface area contributed by atoms with E-state index in [1.807, 2.05) is 0 Å². The zero-order valence-corrected chi connectivity index (χ0v) is 9.96. The van der Waals surface area contributed by atoms with Gasteiger partial charge < -0.3 is 5.11 Å². The smallest absolute Gasteiger partial charge is 0.150 e. The van der Waals surface area contributed by atoms with Crippen molar-refractivity contribution in [1.82, 2.24) is 0 Å². The number of phenols is 1. The summed E-state index contributed by atoms with van der Waals surface area (Å²) in [6.45, 7) is 0. The van der Waals surface area contributed by atoms with Crippen LogP contribution in [0.1, 0.15) is 31.8 Å². The third-order valence-electron chi connectivity index (χ3n) is 2.55. The van der Waals surface area contributed by atoms with Crippen LogP contribution in [0.4, 0.5) is 0 Å². The van der Waals surface area contributed by atoms with E-state index in [0.29, 0.717) is 23.0 Å². The molecule has 0 fully saturated rings. The molecule has 92 valence electrons. The minimum atomic E-state index is -0.0263. The summed E-state index contributed by atoms with van der Waals surface area (Å²) in [6.07, 6.45) is 1.43. The maximum absolute atomic E-state index is 10.5. The third-order valence-corrected chi connectivity index (χ3v) is 2.55.